The van der Waals surface area contributed by atoms with Gasteiger partial charge in [-0.15, -0.1) is 0 Å². The minimum absolute atomic E-state index is 0.0654. The number of hydrogen-bond acceptors (Lipinski definition) is 4. The molecule has 1 aromatic rings. The third-order valence-electron chi connectivity index (χ3n) is 5.87. The van der Waals surface area contributed by atoms with Gasteiger partial charge in [-0.1, -0.05) is 55.1 Å². The smallest absolute Gasteiger partial charge is 0.410 e. The van der Waals surface area contributed by atoms with Gasteiger partial charge in [-0.05, 0) is 62.0 Å². The summed E-state index contributed by atoms with van der Waals surface area (Å²) in [5, 5.41) is 9.66. The molecule has 0 spiro atoms. The molecule has 1 aliphatic carbocycles. The summed E-state index contributed by atoms with van der Waals surface area (Å²) in [6.45, 7) is 14.6. The predicted molar refractivity (Wildman–Crippen MR) is 130 cm³/mol. The molecule has 1 N–H and O–H groups in total. The Morgan fingerprint density at radius 3 is 2.53 bits per heavy atom. The quantitative estimate of drug-likeness (QED) is 0.651. The van der Waals surface area contributed by atoms with Crippen LogP contribution in [0.25, 0.3) is 5.57 Å². The van der Waals surface area contributed by atoms with Crippen molar-refractivity contribution < 1.29 is 14.6 Å². The molecule has 2 aliphatic rings. The summed E-state index contributed by atoms with van der Waals surface area (Å²) in [5.74, 6) is 0. The van der Waals surface area contributed by atoms with Crippen molar-refractivity contribution in [2.45, 2.75) is 45.8 Å². The van der Waals surface area contributed by atoms with E-state index in [4.69, 9.17) is 4.74 Å². The minimum Gasteiger partial charge on any atom is -0.444 e. The summed E-state index contributed by atoms with van der Waals surface area (Å²) in [6.07, 6.45) is 8.50. The molecular weight excluding hydrogens is 400 g/mol. The van der Waals surface area contributed by atoms with E-state index in [2.05, 4.69) is 54.8 Å². The Morgan fingerprint density at radius 2 is 1.91 bits per heavy atom. The number of ether oxygens (including phenoxy) is 1. The number of carbonyl (C=O) groups excluding carboxylic acids is 1. The van der Waals surface area contributed by atoms with Crippen LogP contribution in [0.2, 0.25) is 0 Å². The first-order valence-electron chi connectivity index (χ1n) is 11.4. The van der Waals surface area contributed by atoms with E-state index in [1.54, 1.807) is 11.0 Å². The topological polar surface area (TPSA) is 53.0 Å². The first kappa shape index (κ1) is 24.0. The lowest BCUT2D eigenvalue weighted by atomic mass is 9.90. The summed E-state index contributed by atoms with van der Waals surface area (Å²) in [4.78, 5) is 16.8. The van der Waals surface area contributed by atoms with E-state index in [9.17, 15) is 9.90 Å². The molecule has 0 radical (unpaired) electrons. The van der Waals surface area contributed by atoms with Crippen LogP contribution >= 0.6 is 0 Å². The Bertz CT molecular complexity index is 928. The van der Waals surface area contributed by atoms with Crippen LogP contribution in [0.1, 0.15) is 51.3 Å². The molecular formula is C27H36N2O3. The first-order chi connectivity index (χ1) is 15.2. The number of carbonyl (C=O) groups is 1. The number of fused-ring (bicyclic) bond motifs is 1. The fourth-order valence-electron chi connectivity index (χ4n) is 4.44. The van der Waals surface area contributed by atoms with E-state index in [-0.39, 0.29) is 18.7 Å². The standard InChI is InChI=1S/C27H36N2O3/c1-6-7-10-22-20(2)19-21(13-18-30)23-11-8-9-12-24(23)25(22)28-14-16-29(17-15-28)26(31)32-27(3,4)5/h6-12,19,25,30H,1,13-18H2,2-5H3/b10-7-. The highest BCUT2D eigenvalue weighted by atomic mass is 16.6. The summed E-state index contributed by atoms with van der Waals surface area (Å²) >= 11 is 0. The summed E-state index contributed by atoms with van der Waals surface area (Å²) in [6, 6.07) is 8.53. The van der Waals surface area contributed by atoms with Gasteiger partial charge in [0.25, 0.3) is 0 Å². The van der Waals surface area contributed by atoms with Crippen molar-refractivity contribution >= 4 is 11.7 Å². The number of hydrogen-bond donors (Lipinski definition) is 1. The maximum atomic E-state index is 12.5. The summed E-state index contributed by atoms with van der Waals surface area (Å²) < 4.78 is 5.57. The zero-order valence-corrected chi connectivity index (χ0v) is 19.8. The molecule has 32 heavy (non-hydrogen) atoms. The molecule has 0 saturated carbocycles. The monoisotopic (exact) mass is 436 g/mol. The Labute approximate surface area is 192 Å². The van der Waals surface area contributed by atoms with Crippen LogP contribution in [0.15, 0.2) is 66.3 Å². The van der Waals surface area contributed by atoms with E-state index in [0.29, 0.717) is 19.5 Å². The van der Waals surface area contributed by atoms with Crippen molar-refractivity contribution in [1.82, 2.24) is 9.80 Å². The number of amides is 1. The van der Waals surface area contributed by atoms with Crippen LogP contribution in [0.4, 0.5) is 4.79 Å². The van der Waals surface area contributed by atoms with Crippen LogP contribution in [-0.2, 0) is 4.74 Å². The van der Waals surface area contributed by atoms with Gasteiger partial charge in [-0.2, -0.15) is 0 Å². The third kappa shape index (κ3) is 5.59. The lowest BCUT2D eigenvalue weighted by molar-refractivity contribution is 0.0119. The lowest BCUT2D eigenvalue weighted by Gasteiger charge is -2.40. The number of nitrogens with zero attached hydrogens (tertiary/aromatic N) is 2. The number of benzene rings is 1. The highest BCUT2D eigenvalue weighted by molar-refractivity contribution is 5.74. The second-order valence-electron chi connectivity index (χ2n) is 9.37. The molecule has 1 unspecified atom stereocenters. The van der Waals surface area contributed by atoms with Crippen molar-refractivity contribution in [3.63, 3.8) is 0 Å². The van der Waals surface area contributed by atoms with E-state index >= 15 is 0 Å². The third-order valence-corrected chi connectivity index (χ3v) is 5.87. The number of aliphatic hydroxyl groups is 1. The fraction of sp³-hybridized carbons (Fsp3) is 0.444. The van der Waals surface area contributed by atoms with Crippen LogP contribution in [-0.4, -0.2) is 59.4 Å². The van der Waals surface area contributed by atoms with Crippen molar-refractivity contribution in [3.05, 3.63) is 77.4 Å². The van der Waals surface area contributed by atoms with Crippen molar-refractivity contribution in [3.8, 4) is 0 Å². The van der Waals surface area contributed by atoms with E-state index in [1.807, 2.05) is 26.8 Å². The van der Waals surface area contributed by atoms with Gasteiger partial charge < -0.3 is 14.7 Å². The van der Waals surface area contributed by atoms with E-state index in [1.165, 1.54) is 22.3 Å². The fourth-order valence-corrected chi connectivity index (χ4v) is 4.44. The molecule has 1 heterocycles. The SMILES string of the molecule is C=C/C=C\C1=C(C)C=C(CCO)c2ccccc2C1N1CCN(C(=O)OC(C)(C)C)CC1. The molecule has 3 rings (SSSR count). The number of rotatable bonds is 5. The van der Waals surface area contributed by atoms with Gasteiger partial charge in [0.15, 0.2) is 0 Å². The molecule has 1 saturated heterocycles. The molecule has 1 fully saturated rings. The van der Waals surface area contributed by atoms with Crippen LogP contribution < -0.4 is 0 Å². The molecule has 1 atom stereocenters. The number of aliphatic hydroxyl groups excluding tert-OH is 1. The minimum atomic E-state index is -0.494. The Balaban J connectivity index is 1.94. The Morgan fingerprint density at radius 1 is 1.22 bits per heavy atom. The summed E-state index contributed by atoms with van der Waals surface area (Å²) in [7, 11) is 0. The highest BCUT2D eigenvalue weighted by Crippen LogP contribution is 2.40. The maximum Gasteiger partial charge on any atom is 0.410 e. The van der Waals surface area contributed by atoms with Crippen LogP contribution in [0.5, 0.6) is 0 Å². The van der Waals surface area contributed by atoms with Crippen molar-refractivity contribution in [2.24, 2.45) is 0 Å². The normalized spacial score (nSPS) is 20.1. The predicted octanol–water partition coefficient (Wildman–Crippen LogP) is 5.12. The van der Waals surface area contributed by atoms with E-state index in [0.717, 1.165) is 18.7 Å². The maximum absolute atomic E-state index is 12.5. The van der Waals surface area contributed by atoms with Gasteiger partial charge in [0.1, 0.15) is 5.60 Å². The van der Waals surface area contributed by atoms with Gasteiger partial charge in [0, 0.05) is 32.8 Å². The molecule has 0 aromatic heterocycles. The molecule has 1 aromatic carbocycles. The van der Waals surface area contributed by atoms with Crippen LogP contribution in [0.3, 0.4) is 0 Å². The van der Waals surface area contributed by atoms with Gasteiger partial charge in [-0.25, -0.2) is 4.79 Å². The zero-order chi connectivity index (χ0) is 23.3. The average molecular weight is 437 g/mol. The molecule has 5 heteroatoms. The molecule has 5 nitrogen and oxygen atoms in total. The molecule has 1 aliphatic heterocycles. The number of allylic oxidation sites excluding steroid dienone is 4. The molecule has 172 valence electrons. The summed E-state index contributed by atoms with van der Waals surface area (Å²) in [5.41, 5.74) is 5.48. The number of piperazine rings is 1. The zero-order valence-electron chi connectivity index (χ0n) is 19.8. The van der Waals surface area contributed by atoms with E-state index < -0.39 is 5.60 Å². The van der Waals surface area contributed by atoms with Crippen molar-refractivity contribution in [1.29, 1.82) is 0 Å². The second kappa shape index (κ2) is 10.3. The lowest BCUT2D eigenvalue weighted by Crippen LogP contribution is -2.51. The average Bonchev–Trinajstić information content (AvgIpc) is 2.86. The van der Waals surface area contributed by atoms with Gasteiger partial charge in [-0.3, -0.25) is 4.90 Å². The van der Waals surface area contributed by atoms with Gasteiger partial charge >= 0.3 is 6.09 Å². The Kier molecular flexibility index (Phi) is 7.75. The van der Waals surface area contributed by atoms with Gasteiger partial charge in [0.05, 0.1) is 6.04 Å². The second-order valence-corrected chi connectivity index (χ2v) is 9.37. The highest BCUT2D eigenvalue weighted by Gasteiger charge is 2.33. The molecule has 1 amide bonds. The Hall–Kier alpha value is -2.63. The first-order valence-corrected chi connectivity index (χ1v) is 11.4. The van der Waals surface area contributed by atoms with Crippen LogP contribution in [0, 0.1) is 0 Å². The largest absolute Gasteiger partial charge is 0.444 e. The molecule has 0 bridgehead atoms. The van der Waals surface area contributed by atoms with Gasteiger partial charge in [0.2, 0.25) is 0 Å². The van der Waals surface area contributed by atoms with Crippen molar-refractivity contribution in [2.75, 3.05) is 32.8 Å².